The van der Waals surface area contributed by atoms with Crippen LogP contribution in [0.15, 0.2) is 36.4 Å². The lowest BCUT2D eigenvalue weighted by Crippen LogP contribution is -2.51. The number of hydrogen-bond donors (Lipinski definition) is 0. The van der Waals surface area contributed by atoms with E-state index in [9.17, 15) is 4.79 Å². The Labute approximate surface area is 184 Å². The standard InChI is InChI=1S/C23H31ClN4O2/c1-16(2)12-26-8-9-27(23(29)14-26)22-10-18(5)28(25-22)13-19-11-20(24)6-7-21(19)30-15-17(3)4/h6-7,10-11,16H,3,8-9,12-15H2,1-2,4-5H3. The molecule has 0 saturated carbocycles. The Hall–Kier alpha value is -2.31. The van der Waals surface area contributed by atoms with Crippen molar-refractivity contribution in [3.8, 4) is 5.75 Å². The number of benzene rings is 1. The van der Waals surface area contributed by atoms with Crippen LogP contribution in [0.25, 0.3) is 0 Å². The van der Waals surface area contributed by atoms with Gasteiger partial charge in [-0.1, -0.05) is 32.0 Å². The second kappa shape index (κ2) is 9.67. The molecule has 1 aliphatic heterocycles. The Balaban J connectivity index is 1.75. The Kier molecular flexibility index (Phi) is 7.21. The molecule has 162 valence electrons. The molecule has 2 heterocycles. The molecule has 0 atom stereocenters. The molecule has 2 aromatic rings. The highest BCUT2D eigenvalue weighted by Crippen LogP contribution is 2.26. The lowest BCUT2D eigenvalue weighted by Gasteiger charge is -2.33. The summed E-state index contributed by atoms with van der Waals surface area (Å²) in [6, 6.07) is 7.55. The minimum atomic E-state index is 0.0970. The highest BCUT2D eigenvalue weighted by Gasteiger charge is 2.27. The number of halogens is 1. The van der Waals surface area contributed by atoms with Gasteiger partial charge in [-0.2, -0.15) is 5.10 Å². The third kappa shape index (κ3) is 5.64. The van der Waals surface area contributed by atoms with Crippen LogP contribution in [-0.2, 0) is 11.3 Å². The molecular weight excluding hydrogens is 400 g/mol. The second-order valence-electron chi connectivity index (χ2n) is 8.47. The number of rotatable bonds is 8. The van der Waals surface area contributed by atoms with Crippen LogP contribution in [-0.4, -0.2) is 53.4 Å². The molecule has 0 N–H and O–H groups in total. The number of piperazine rings is 1. The van der Waals surface area contributed by atoms with Gasteiger partial charge in [0.05, 0.1) is 13.1 Å². The first-order chi connectivity index (χ1) is 14.2. The lowest BCUT2D eigenvalue weighted by atomic mass is 10.2. The third-order valence-electron chi connectivity index (χ3n) is 4.98. The summed E-state index contributed by atoms with van der Waals surface area (Å²) in [6.07, 6.45) is 0. The average Bonchev–Trinajstić information content (AvgIpc) is 3.00. The normalized spacial score (nSPS) is 15.1. The van der Waals surface area contributed by atoms with Crippen LogP contribution in [0.4, 0.5) is 5.82 Å². The molecule has 1 aromatic heterocycles. The fraction of sp³-hybridized carbons (Fsp3) is 0.478. The van der Waals surface area contributed by atoms with Crippen LogP contribution in [0.5, 0.6) is 5.75 Å². The first-order valence-electron chi connectivity index (χ1n) is 10.4. The van der Waals surface area contributed by atoms with Crippen LogP contribution < -0.4 is 9.64 Å². The molecule has 1 amide bonds. The number of carbonyl (C=O) groups excluding carboxylic acids is 1. The monoisotopic (exact) mass is 430 g/mol. The predicted octanol–water partition coefficient (Wildman–Crippen LogP) is 4.15. The number of aromatic nitrogens is 2. The summed E-state index contributed by atoms with van der Waals surface area (Å²) in [6.45, 7) is 16.0. The van der Waals surface area contributed by atoms with Gasteiger partial charge in [0.2, 0.25) is 5.91 Å². The van der Waals surface area contributed by atoms with E-state index in [4.69, 9.17) is 21.4 Å². The number of anilines is 1. The average molecular weight is 431 g/mol. The van der Waals surface area contributed by atoms with E-state index in [0.29, 0.717) is 43.0 Å². The first-order valence-corrected chi connectivity index (χ1v) is 10.7. The van der Waals surface area contributed by atoms with Crippen molar-refractivity contribution in [2.45, 2.75) is 34.2 Å². The third-order valence-corrected chi connectivity index (χ3v) is 5.22. The highest BCUT2D eigenvalue weighted by molar-refractivity contribution is 6.30. The number of aryl methyl sites for hydroxylation is 1. The van der Waals surface area contributed by atoms with Crippen molar-refractivity contribution in [2.24, 2.45) is 5.92 Å². The van der Waals surface area contributed by atoms with Crippen LogP contribution >= 0.6 is 11.6 Å². The Bertz CT molecular complexity index is 922. The van der Waals surface area contributed by atoms with Crippen LogP contribution in [0.1, 0.15) is 32.0 Å². The molecule has 7 heteroatoms. The summed E-state index contributed by atoms with van der Waals surface area (Å²) >= 11 is 6.22. The maximum Gasteiger partial charge on any atom is 0.242 e. The van der Waals surface area contributed by atoms with Gasteiger partial charge >= 0.3 is 0 Å². The van der Waals surface area contributed by atoms with Crippen molar-refractivity contribution >= 4 is 23.3 Å². The zero-order valence-electron chi connectivity index (χ0n) is 18.3. The van der Waals surface area contributed by atoms with Crippen molar-refractivity contribution in [3.63, 3.8) is 0 Å². The van der Waals surface area contributed by atoms with Gasteiger partial charge in [-0.05, 0) is 43.5 Å². The zero-order chi connectivity index (χ0) is 21.8. The summed E-state index contributed by atoms with van der Waals surface area (Å²) in [5.74, 6) is 2.11. The number of carbonyl (C=O) groups is 1. The minimum absolute atomic E-state index is 0.0970. The maximum atomic E-state index is 12.7. The second-order valence-corrected chi connectivity index (χ2v) is 8.91. The summed E-state index contributed by atoms with van der Waals surface area (Å²) in [5.41, 5.74) is 2.87. The number of ether oxygens (including phenoxy) is 1. The molecular formula is C23H31ClN4O2. The molecule has 1 aliphatic rings. The van der Waals surface area contributed by atoms with Crippen LogP contribution in [0, 0.1) is 12.8 Å². The molecule has 1 fully saturated rings. The number of amides is 1. The molecule has 1 aromatic carbocycles. The molecule has 0 unspecified atom stereocenters. The van der Waals surface area contributed by atoms with E-state index in [2.05, 4.69) is 25.3 Å². The molecule has 30 heavy (non-hydrogen) atoms. The Morgan fingerprint density at radius 3 is 2.73 bits per heavy atom. The molecule has 6 nitrogen and oxygen atoms in total. The van der Waals surface area contributed by atoms with Crippen molar-refractivity contribution < 1.29 is 9.53 Å². The topological polar surface area (TPSA) is 50.6 Å². The van der Waals surface area contributed by atoms with E-state index in [1.165, 1.54) is 0 Å². The minimum Gasteiger partial charge on any atom is -0.489 e. The van der Waals surface area contributed by atoms with Crippen molar-refractivity contribution in [1.29, 1.82) is 0 Å². The van der Waals surface area contributed by atoms with E-state index >= 15 is 0 Å². The van der Waals surface area contributed by atoms with Crippen molar-refractivity contribution in [3.05, 3.63) is 52.7 Å². The fourth-order valence-electron chi connectivity index (χ4n) is 3.60. The van der Waals surface area contributed by atoms with E-state index in [1.54, 1.807) is 4.90 Å². The maximum absolute atomic E-state index is 12.7. The predicted molar refractivity (Wildman–Crippen MR) is 121 cm³/mol. The molecule has 1 saturated heterocycles. The first kappa shape index (κ1) is 22.4. The Morgan fingerprint density at radius 2 is 2.07 bits per heavy atom. The summed E-state index contributed by atoms with van der Waals surface area (Å²) < 4.78 is 7.77. The van der Waals surface area contributed by atoms with Crippen LogP contribution in [0.3, 0.4) is 0 Å². The van der Waals surface area contributed by atoms with Gasteiger partial charge < -0.3 is 4.74 Å². The van der Waals surface area contributed by atoms with Gasteiger partial charge in [0, 0.05) is 42.0 Å². The SMILES string of the molecule is C=C(C)COc1ccc(Cl)cc1Cn1nc(N2CCN(CC(C)C)CC2=O)cc1C. The number of hydrogen-bond acceptors (Lipinski definition) is 4. The van der Waals surface area contributed by atoms with E-state index < -0.39 is 0 Å². The zero-order valence-corrected chi connectivity index (χ0v) is 19.1. The van der Waals surface area contributed by atoms with Gasteiger partial charge in [-0.3, -0.25) is 19.3 Å². The van der Waals surface area contributed by atoms with Gasteiger partial charge in [-0.25, -0.2) is 0 Å². The van der Waals surface area contributed by atoms with Gasteiger partial charge in [0.1, 0.15) is 12.4 Å². The number of nitrogens with zero attached hydrogens (tertiary/aromatic N) is 4. The largest absolute Gasteiger partial charge is 0.489 e. The van der Waals surface area contributed by atoms with Crippen molar-refractivity contribution in [1.82, 2.24) is 14.7 Å². The Morgan fingerprint density at radius 1 is 1.30 bits per heavy atom. The van der Waals surface area contributed by atoms with E-state index in [1.807, 2.05) is 42.8 Å². The summed E-state index contributed by atoms with van der Waals surface area (Å²) in [7, 11) is 0. The molecule has 0 bridgehead atoms. The molecule has 3 rings (SSSR count). The molecule has 0 spiro atoms. The van der Waals surface area contributed by atoms with Crippen molar-refractivity contribution in [2.75, 3.05) is 37.7 Å². The quantitative estimate of drug-likeness (QED) is 0.590. The molecule has 0 radical (unpaired) electrons. The van der Waals surface area contributed by atoms with Gasteiger partial charge in [0.15, 0.2) is 5.82 Å². The highest BCUT2D eigenvalue weighted by atomic mass is 35.5. The fourth-order valence-corrected chi connectivity index (χ4v) is 3.79. The van der Waals surface area contributed by atoms with Gasteiger partial charge in [0.25, 0.3) is 0 Å². The lowest BCUT2D eigenvalue weighted by molar-refractivity contribution is -0.121. The smallest absolute Gasteiger partial charge is 0.242 e. The summed E-state index contributed by atoms with van der Waals surface area (Å²) in [5, 5.41) is 5.37. The van der Waals surface area contributed by atoms with E-state index in [-0.39, 0.29) is 5.91 Å². The van der Waals surface area contributed by atoms with E-state index in [0.717, 1.165) is 35.7 Å². The molecule has 0 aliphatic carbocycles. The summed E-state index contributed by atoms with van der Waals surface area (Å²) in [4.78, 5) is 16.7. The van der Waals surface area contributed by atoms with Crippen LogP contribution in [0.2, 0.25) is 5.02 Å². The van der Waals surface area contributed by atoms with Gasteiger partial charge in [-0.15, -0.1) is 0 Å².